The Hall–Kier alpha value is -1.64. The lowest BCUT2D eigenvalue weighted by molar-refractivity contribution is -0.130. The molecule has 3 heterocycles. The molecule has 1 unspecified atom stereocenters. The third-order valence-electron chi connectivity index (χ3n) is 3.55. The zero-order valence-corrected chi connectivity index (χ0v) is 14.0. The summed E-state index contributed by atoms with van der Waals surface area (Å²) >= 11 is 2.44. The van der Waals surface area contributed by atoms with E-state index in [0.717, 1.165) is 29.5 Å². The van der Waals surface area contributed by atoms with Gasteiger partial charge in [0.05, 0.1) is 4.91 Å². The first-order chi connectivity index (χ1) is 11.1. The van der Waals surface area contributed by atoms with Crippen molar-refractivity contribution in [3.63, 3.8) is 0 Å². The highest BCUT2D eigenvalue weighted by Crippen LogP contribution is 2.32. The van der Waals surface area contributed by atoms with Gasteiger partial charge in [-0.1, -0.05) is 6.07 Å². The zero-order chi connectivity index (χ0) is 16.2. The van der Waals surface area contributed by atoms with Gasteiger partial charge in [0.15, 0.2) is 0 Å². The molecule has 1 N–H and O–H groups in total. The maximum Gasteiger partial charge on any atom is 0.293 e. The van der Waals surface area contributed by atoms with Gasteiger partial charge in [-0.2, -0.15) is 0 Å². The van der Waals surface area contributed by atoms with Crippen LogP contribution in [0.1, 0.15) is 17.7 Å². The van der Waals surface area contributed by atoms with Gasteiger partial charge in [0.1, 0.15) is 6.10 Å². The SMILES string of the molecule is O=C(NCCN1C(=O)SC(=Cc2cccs2)C1=O)C1CCCO1. The van der Waals surface area contributed by atoms with Gasteiger partial charge in [-0.05, 0) is 42.1 Å². The van der Waals surface area contributed by atoms with E-state index in [0.29, 0.717) is 11.5 Å². The van der Waals surface area contributed by atoms with E-state index in [9.17, 15) is 14.4 Å². The highest BCUT2D eigenvalue weighted by molar-refractivity contribution is 8.18. The van der Waals surface area contributed by atoms with Crippen molar-refractivity contribution in [3.8, 4) is 0 Å². The molecule has 23 heavy (non-hydrogen) atoms. The minimum atomic E-state index is -0.399. The molecular weight excluding hydrogens is 336 g/mol. The van der Waals surface area contributed by atoms with Crippen LogP contribution < -0.4 is 5.32 Å². The second-order valence-electron chi connectivity index (χ2n) is 5.14. The Labute approximate surface area is 141 Å². The summed E-state index contributed by atoms with van der Waals surface area (Å²) < 4.78 is 5.28. The first-order valence-electron chi connectivity index (χ1n) is 7.33. The number of carbonyl (C=O) groups excluding carboxylic acids is 3. The van der Waals surface area contributed by atoms with Crippen LogP contribution in [0, 0.1) is 0 Å². The summed E-state index contributed by atoms with van der Waals surface area (Å²) in [5.74, 6) is -0.483. The van der Waals surface area contributed by atoms with Crippen molar-refractivity contribution in [2.45, 2.75) is 18.9 Å². The Morgan fingerprint density at radius 3 is 3.04 bits per heavy atom. The predicted octanol–water partition coefficient (Wildman–Crippen LogP) is 2.08. The van der Waals surface area contributed by atoms with Crippen molar-refractivity contribution in [2.75, 3.05) is 19.7 Å². The minimum absolute atomic E-state index is 0.172. The maximum absolute atomic E-state index is 12.3. The summed E-state index contributed by atoms with van der Waals surface area (Å²) in [6.45, 7) is 1.02. The van der Waals surface area contributed by atoms with Gasteiger partial charge in [0.25, 0.3) is 11.1 Å². The van der Waals surface area contributed by atoms with Crippen LogP contribution in [0.4, 0.5) is 4.79 Å². The molecule has 3 rings (SSSR count). The van der Waals surface area contributed by atoms with Crippen LogP contribution in [0.5, 0.6) is 0 Å². The van der Waals surface area contributed by atoms with Gasteiger partial charge in [0.2, 0.25) is 5.91 Å². The van der Waals surface area contributed by atoms with Crippen LogP contribution in [0.15, 0.2) is 22.4 Å². The molecule has 2 fully saturated rings. The number of imide groups is 1. The number of thiophene rings is 1. The number of thioether (sulfide) groups is 1. The third-order valence-corrected chi connectivity index (χ3v) is 5.27. The van der Waals surface area contributed by atoms with Gasteiger partial charge in [0, 0.05) is 24.6 Å². The van der Waals surface area contributed by atoms with Crippen LogP contribution >= 0.6 is 23.1 Å². The van der Waals surface area contributed by atoms with Crippen LogP contribution in [-0.2, 0) is 14.3 Å². The molecule has 3 amide bonds. The number of hydrogen-bond acceptors (Lipinski definition) is 6. The Balaban J connectivity index is 1.53. The first-order valence-corrected chi connectivity index (χ1v) is 9.03. The quantitative estimate of drug-likeness (QED) is 0.821. The molecule has 2 aliphatic rings. The summed E-state index contributed by atoms with van der Waals surface area (Å²) in [6.07, 6.45) is 2.93. The van der Waals surface area contributed by atoms with Crippen molar-refractivity contribution in [1.29, 1.82) is 0 Å². The highest BCUT2D eigenvalue weighted by Gasteiger charge is 2.35. The maximum atomic E-state index is 12.3. The van der Waals surface area contributed by atoms with E-state index < -0.39 is 6.10 Å². The summed E-state index contributed by atoms with van der Waals surface area (Å²) in [7, 11) is 0. The van der Waals surface area contributed by atoms with Crippen LogP contribution in [0.2, 0.25) is 0 Å². The van der Waals surface area contributed by atoms with E-state index in [1.807, 2.05) is 17.5 Å². The Kier molecular flexibility index (Phi) is 5.14. The molecule has 2 saturated heterocycles. The summed E-state index contributed by atoms with van der Waals surface area (Å²) in [4.78, 5) is 38.5. The number of hydrogen-bond donors (Lipinski definition) is 1. The lowest BCUT2D eigenvalue weighted by Gasteiger charge is -2.14. The average Bonchev–Trinajstić information content (AvgIpc) is 3.26. The Bertz CT molecular complexity index is 636. The molecule has 1 aromatic heterocycles. The highest BCUT2D eigenvalue weighted by atomic mass is 32.2. The fraction of sp³-hybridized carbons (Fsp3) is 0.400. The van der Waals surface area contributed by atoms with Gasteiger partial charge in [-0.3, -0.25) is 19.3 Å². The van der Waals surface area contributed by atoms with E-state index in [4.69, 9.17) is 4.74 Å². The molecule has 0 saturated carbocycles. The van der Waals surface area contributed by atoms with Crippen LogP contribution in [0.3, 0.4) is 0 Å². The molecular formula is C15H16N2O4S2. The third kappa shape index (κ3) is 3.82. The van der Waals surface area contributed by atoms with Crippen molar-refractivity contribution in [1.82, 2.24) is 10.2 Å². The van der Waals surface area contributed by atoms with E-state index in [1.165, 1.54) is 16.2 Å². The molecule has 2 aliphatic heterocycles. The molecule has 0 spiro atoms. The second-order valence-corrected chi connectivity index (χ2v) is 7.11. The fourth-order valence-corrected chi connectivity index (χ4v) is 3.97. The predicted molar refractivity (Wildman–Crippen MR) is 89.0 cm³/mol. The van der Waals surface area contributed by atoms with E-state index >= 15 is 0 Å². The topological polar surface area (TPSA) is 75.7 Å². The van der Waals surface area contributed by atoms with Crippen molar-refractivity contribution in [2.24, 2.45) is 0 Å². The fourth-order valence-electron chi connectivity index (χ4n) is 2.38. The molecule has 0 aliphatic carbocycles. The summed E-state index contributed by atoms with van der Waals surface area (Å²) in [5.41, 5.74) is 0. The Morgan fingerprint density at radius 2 is 2.35 bits per heavy atom. The number of amides is 3. The molecule has 1 atom stereocenters. The van der Waals surface area contributed by atoms with E-state index in [1.54, 1.807) is 6.08 Å². The van der Waals surface area contributed by atoms with Gasteiger partial charge in [-0.25, -0.2) is 0 Å². The largest absolute Gasteiger partial charge is 0.368 e. The number of rotatable bonds is 5. The zero-order valence-electron chi connectivity index (χ0n) is 12.3. The molecule has 0 radical (unpaired) electrons. The standard InChI is InChI=1S/C15H16N2O4S2/c18-13(11-4-1-7-21-11)16-5-6-17-14(19)12(23-15(17)20)9-10-3-2-8-22-10/h2-3,8-9,11H,1,4-7H2,(H,16,18). The van der Waals surface area contributed by atoms with E-state index in [-0.39, 0.29) is 30.1 Å². The Morgan fingerprint density at radius 1 is 1.48 bits per heavy atom. The lowest BCUT2D eigenvalue weighted by Crippen LogP contribution is -2.40. The molecule has 1 aromatic rings. The lowest BCUT2D eigenvalue weighted by atomic mass is 10.2. The molecule has 122 valence electrons. The van der Waals surface area contributed by atoms with Crippen molar-refractivity contribution < 1.29 is 19.1 Å². The monoisotopic (exact) mass is 352 g/mol. The molecule has 0 bridgehead atoms. The number of nitrogens with zero attached hydrogens (tertiary/aromatic N) is 1. The number of carbonyl (C=O) groups is 3. The summed E-state index contributed by atoms with van der Waals surface area (Å²) in [6, 6.07) is 3.78. The molecule has 6 nitrogen and oxygen atoms in total. The molecule has 8 heteroatoms. The van der Waals surface area contributed by atoms with Gasteiger partial charge in [-0.15, -0.1) is 11.3 Å². The average molecular weight is 352 g/mol. The second kappa shape index (κ2) is 7.29. The van der Waals surface area contributed by atoms with Crippen molar-refractivity contribution >= 4 is 46.2 Å². The normalized spacial score (nSPS) is 23.0. The first kappa shape index (κ1) is 16.2. The number of ether oxygens (including phenoxy) is 1. The smallest absolute Gasteiger partial charge is 0.293 e. The van der Waals surface area contributed by atoms with Crippen LogP contribution in [0.25, 0.3) is 6.08 Å². The minimum Gasteiger partial charge on any atom is -0.368 e. The van der Waals surface area contributed by atoms with Gasteiger partial charge < -0.3 is 10.1 Å². The summed E-state index contributed by atoms with van der Waals surface area (Å²) in [5, 5.41) is 4.33. The van der Waals surface area contributed by atoms with E-state index in [2.05, 4.69) is 5.32 Å². The number of nitrogens with one attached hydrogen (secondary N) is 1. The van der Waals surface area contributed by atoms with Crippen molar-refractivity contribution in [3.05, 3.63) is 27.3 Å². The van der Waals surface area contributed by atoms with Gasteiger partial charge >= 0.3 is 0 Å². The van der Waals surface area contributed by atoms with Crippen LogP contribution in [-0.4, -0.2) is 47.8 Å². The molecule has 0 aromatic carbocycles.